The molecule has 0 aliphatic rings. The van der Waals surface area contributed by atoms with Crippen molar-refractivity contribution in [2.45, 2.75) is 13.0 Å². The van der Waals surface area contributed by atoms with Crippen molar-refractivity contribution < 1.29 is 8.78 Å². The summed E-state index contributed by atoms with van der Waals surface area (Å²) in [5.41, 5.74) is 0.414. The molecule has 90 valence electrons. The van der Waals surface area contributed by atoms with Crippen molar-refractivity contribution in [1.29, 1.82) is 0 Å². The number of nitrogens with zero attached hydrogens (tertiary/aromatic N) is 2. The maximum Gasteiger partial charge on any atom is 0.148 e. The van der Waals surface area contributed by atoms with Crippen LogP contribution < -0.4 is 5.32 Å². The lowest BCUT2D eigenvalue weighted by molar-refractivity contribution is 0.566. The lowest BCUT2D eigenvalue weighted by Crippen LogP contribution is -2.09. The number of halogens is 2. The van der Waals surface area contributed by atoms with E-state index in [0.717, 1.165) is 6.07 Å². The Kier molecular flexibility index (Phi) is 3.08. The van der Waals surface area contributed by atoms with E-state index < -0.39 is 11.6 Å². The average molecular weight is 237 g/mol. The van der Waals surface area contributed by atoms with Crippen LogP contribution in [0.4, 0.5) is 14.6 Å². The van der Waals surface area contributed by atoms with Crippen LogP contribution in [0.5, 0.6) is 0 Å². The van der Waals surface area contributed by atoms with Crippen molar-refractivity contribution in [3.63, 3.8) is 0 Å². The van der Waals surface area contributed by atoms with Gasteiger partial charge in [-0.1, -0.05) is 6.07 Å². The van der Waals surface area contributed by atoms with E-state index in [-0.39, 0.29) is 6.04 Å². The van der Waals surface area contributed by atoms with Gasteiger partial charge in [0.05, 0.1) is 6.04 Å². The molecule has 0 aliphatic heterocycles. The topological polar surface area (TPSA) is 29.9 Å². The van der Waals surface area contributed by atoms with Gasteiger partial charge in [0.15, 0.2) is 0 Å². The van der Waals surface area contributed by atoms with Crippen molar-refractivity contribution in [3.05, 3.63) is 47.7 Å². The molecule has 1 N–H and O–H groups in total. The summed E-state index contributed by atoms with van der Waals surface area (Å²) in [7, 11) is 1.80. The molecule has 0 fully saturated rings. The van der Waals surface area contributed by atoms with Gasteiger partial charge in [-0.15, -0.1) is 0 Å². The number of anilines is 1. The average Bonchev–Trinajstić information content (AvgIpc) is 2.63. The molecule has 0 saturated carbocycles. The highest BCUT2D eigenvalue weighted by molar-refractivity contribution is 5.37. The summed E-state index contributed by atoms with van der Waals surface area (Å²) >= 11 is 0. The van der Waals surface area contributed by atoms with E-state index >= 15 is 0 Å². The van der Waals surface area contributed by atoms with Crippen molar-refractivity contribution in [3.8, 4) is 0 Å². The van der Waals surface area contributed by atoms with E-state index in [1.807, 2.05) is 0 Å². The quantitative estimate of drug-likeness (QED) is 0.889. The number of benzene rings is 1. The minimum absolute atomic E-state index is 0.273. The summed E-state index contributed by atoms with van der Waals surface area (Å²) in [6.45, 7) is 1.80. The van der Waals surface area contributed by atoms with Crippen LogP contribution in [0.25, 0.3) is 0 Å². The zero-order chi connectivity index (χ0) is 12.4. The van der Waals surface area contributed by atoms with Gasteiger partial charge < -0.3 is 5.32 Å². The molecule has 1 aromatic carbocycles. The van der Waals surface area contributed by atoms with Crippen LogP contribution >= 0.6 is 0 Å². The fraction of sp³-hybridized carbons (Fsp3) is 0.250. The zero-order valence-electron chi connectivity index (χ0n) is 9.61. The Balaban J connectivity index is 2.17. The normalized spacial score (nSPS) is 12.5. The smallest absolute Gasteiger partial charge is 0.148 e. The number of hydrogen-bond acceptors (Lipinski definition) is 2. The van der Waals surface area contributed by atoms with Crippen molar-refractivity contribution >= 4 is 5.82 Å². The third-order valence-electron chi connectivity index (χ3n) is 2.51. The largest absolute Gasteiger partial charge is 0.362 e. The highest BCUT2D eigenvalue weighted by Crippen LogP contribution is 2.21. The number of aromatic nitrogens is 2. The molecule has 1 aromatic heterocycles. The molecule has 3 nitrogen and oxygen atoms in total. The molecule has 0 spiro atoms. The summed E-state index contributed by atoms with van der Waals surface area (Å²) in [4.78, 5) is 0. The summed E-state index contributed by atoms with van der Waals surface area (Å²) < 4.78 is 27.9. The summed E-state index contributed by atoms with van der Waals surface area (Å²) in [6, 6.07) is 5.08. The Labute approximate surface area is 98.1 Å². The van der Waals surface area contributed by atoms with Crippen molar-refractivity contribution in [1.82, 2.24) is 9.78 Å². The van der Waals surface area contributed by atoms with E-state index in [1.54, 1.807) is 30.9 Å². The van der Waals surface area contributed by atoms with Crippen LogP contribution in [0, 0.1) is 11.6 Å². The molecule has 2 aromatic rings. The number of hydrogen-bond donors (Lipinski definition) is 1. The van der Waals surface area contributed by atoms with Gasteiger partial charge in [0.1, 0.15) is 17.5 Å². The molecule has 17 heavy (non-hydrogen) atoms. The van der Waals surface area contributed by atoms with Crippen LogP contribution in [0.1, 0.15) is 18.5 Å². The molecule has 0 saturated heterocycles. The van der Waals surface area contributed by atoms with E-state index in [4.69, 9.17) is 0 Å². The standard InChI is InChI=1S/C12H13F2N3/c1-8(15-12-5-6-17(2)16-12)10-4-3-9(13)7-11(10)14/h3-8H,1-2H3,(H,15,16)/t8-/m0/s1. The summed E-state index contributed by atoms with van der Waals surface area (Å²) in [6.07, 6.45) is 1.79. The van der Waals surface area contributed by atoms with Gasteiger partial charge in [0.25, 0.3) is 0 Å². The van der Waals surface area contributed by atoms with Crippen molar-refractivity contribution in [2.75, 3.05) is 5.32 Å². The second-order valence-electron chi connectivity index (χ2n) is 3.91. The van der Waals surface area contributed by atoms with Gasteiger partial charge in [-0.25, -0.2) is 8.78 Å². The fourth-order valence-electron chi connectivity index (χ4n) is 1.64. The molecular weight excluding hydrogens is 224 g/mol. The third kappa shape index (κ3) is 2.61. The van der Waals surface area contributed by atoms with Gasteiger partial charge in [-0.05, 0) is 13.0 Å². The number of nitrogens with one attached hydrogen (secondary N) is 1. The predicted molar refractivity (Wildman–Crippen MR) is 61.6 cm³/mol. The first-order chi connectivity index (χ1) is 8.06. The molecule has 1 atom stereocenters. The summed E-state index contributed by atoms with van der Waals surface area (Å²) in [5, 5.41) is 7.18. The third-order valence-corrected chi connectivity index (χ3v) is 2.51. The number of rotatable bonds is 3. The Morgan fingerprint density at radius 3 is 2.65 bits per heavy atom. The lowest BCUT2D eigenvalue weighted by atomic mass is 10.1. The van der Waals surface area contributed by atoms with E-state index in [9.17, 15) is 8.78 Å². The van der Waals surface area contributed by atoms with Gasteiger partial charge in [-0.2, -0.15) is 5.10 Å². The zero-order valence-corrected chi connectivity index (χ0v) is 9.61. The minimum atomic E-state index is -0.573. The monoisotopic (exact) mass is 237 g/mol. The SMILES string of the molecule is C[C@H](Nc1ccn(C)n1)c1ccc(F)cc1F. The first kappa shape index (κ1) is 11.6. The highest BCUT2D eigenvalue weighted by Gasteiger charge is 2.12. The van der Waals surface area contributed by atoms with E-state index in [2.05, 4.69) is 10.4 Å². The van der Waals surface area contributed by atoms with Gasteiger partial charge >= 0.3 is 0 Å². The van der Waals surface area contributed by atoms with Crippen LogP contribution in [0.15, 0.2) is 30.5 Å². The van der Waals surface area contributed by atoms with Gasteiger partial charge in [-0.3, -0.25) is 4.68 Å². The molecule has 2 rings (SSSR count). The van der Waals surface area contributed by atoms with Crippen molar-refractivity contribution in [2.24, 2.45) is 7.05 Å². The second kappa shape index (κ2) is 4.53. The first-order valence-electron chi connectivity index (χ1n) is 5.27. The summed E-state index contributed by atoms with van der Waals surface area (Å²) in [5.74, 6) is -0.471. The Morgan fingerprint density at radius 1 is 1.29 bits per heavy atom. The Morgan fingerprint density at radius 2 is 2.06 bits per heavy atom. The molecule has 0 radical (unpaired) electrons. The maximum absolute atomic E-state index is 13.5. The van der Waals surface area contributed by atoms with E-state index in [1.165, 1.54) is 12.1 Å². The molecule has 1 heterocycles. The Bertz CT molecular complexity index is 522. The fourth-order valence-corrected chi connectivity index (χ4v) is 1.64. The predicted octanol–water partition coefficient (Wildman–Crippen LogP) is 2.87. The lowest BCUT2D eigenvalue weighted by Gasteiger charge is -2.14. The van der Waals surface area contributed by atoms with Gasteiger partial charge in [0.2, 0.25) is 0 Å². The molecule has 0 aliphatic carbocycles. The number of aryl methyl sites for hydroxylation is 1. The first-order valence-corrected chi connectivity index (χ1v) is 5.27. The molecule has 0 amide bonds. The van der Waals surface area contributed by atoms with Crippen LogP contribution in [0.3, 0.4) is 0 Å². The van der Waals surface area contributed by atoms with Gasteiger partial charge in [0, 0.05) is 30.9 Å². The van der Waals surface area contributed by atoms with Crippen LogP contribution in [-0.2, 0) is 7.05 Å². The maximum atomic E-state index is 13.5. The van der Waals surface area contributed by atoms with Crippen LogP contribution in [-0.4, -0.2) is 9.78 Å². The molecule has 0 bridgehead atoms. The second-order valence-corrected chi connectivity index (χ2v) is 3.91. The highest BCUT2D eigenvalue weighted by atomic mass is 19.1. The molecule has 5 heteroatoms. The minimum Gasteiger partial charge on any atom is -0.362 e. The van der Waals surface area contributed by atoms with E-state index in [0.29, 0.717) is 11.4 Å². The molecular formula is C12H13F2N3. The molecule has 0 unspecified atom stereocenters. The van der Waals surface area contributed by atoms with Crippen LogP contribution in [0.2, 0.25) is 0 Å². The Hall–Kier alpha value is -1.91.